The van der Waals surface area contributed by atoms with E-state index in [0.717, 1.165) is 24.2 Å². The first kappa shape index (κ1) is 18.7. The molecule has 0 aromatic heterocycles. The number of amides is 1. The molecule has 3 rings (SSSR count). The first-order valence-corrected chi connectivity index (χ1v) is 9.14. The van der Waals surface area contributed by atoms with Crippen LogP contribution in [0.15, 0.2) is 48.5 Å². The number of nitrogens with zero attached hydrogens (tertiary/aromatic N) is 2. The Balaban J connectivity index is 1.45. The van der Waals surface area contributed by atoms with E-state index in [4.69, 9.17) is 0 Å². The van der Waals surface area contributed by atoms with Crippen molar-refractivity contribution in [1.29, 1.82) is 0 Å². The number of carbonyl (C=O) groups is 1. The van der Waals surface area contributed by atoms with Crippen molar-refractivity contribution in [2.24, 2.45) is 0 Å². The number of para-hydroxylation sites is 1. The summed E-state index contributed by atoms with van der Waals surface area (Å²) >= 11 is 0. The molecule has 0 spiro atoms. The van der Waals surface area contributed by atoms with Crippen LogP contribution in [-0.2, 0) is 11.2 Å². The third-order valence-corrected chi connectivity index (χ3v) is 4.83. The molecule has 0 unspecified atom stereocenters. The minimum atomic E-state index is -0.427. The monoisotopic (exact) mass is 368 g/mol. The number of nitro groups is 1. The van der Waals surface area contributed by atoms with Gasteiger partial charge < -0.3 is 15.5 Å². The van der Waals surface area contributed by atoms with Crippen molar-refractivity contribution >= 4 is 23.0 Å². The maximum absolute atomic E-state index is 12.3. The predicted octanol–water partition coefficient (Wildman–Crippen LogP) is 2.96. The van der Waals surface area contributed by atoms with Crippen molar-refractivity contribution in [2.45, 2.75) is 25.8 Å². The fourth-order valence-corrected chi connectivity index (χ4v) is 3.32. The maximum Gasteiger partial charge on any atom is 0.269 e. The van der Waals surface area contributed by atoms with E-state index in [1.165, 1.54) is 17.7 Å². The molecule has 0 saturated carbocycles. The van der Waals surface area contributed by atoms with Crippen molar-refractivity contribution < 1.29 is 9.72 Å². The van der Waals surface area contributed by atoms with Crippen LogP contribution in [0, 0.1) is 10.1 Å². The molecular formula is C20H24N4O3. The summed E-state index contributed by atoms with van der Waals surface area (Å²) in [5, 5.41) is 16.7. The zero-order chi connectivity index (χ0) is 19.2. The number of non-ortho nitro benzene ring substituents is 1. The van der Waals surface area contributed by atoms with Gasteiger partial charge in [-0.2, -0.15) is 0 Å². The smallest absolute Gasteiger partial charge is 0.269 e. The summed E-state index contributed by atoms with van der Waals surface area (Å²) in [6.07, 6.45) is 2.10. The summed E-state index contributed by atoms with van der Waals surface area (Å²) in [6, 6.07) is 14.8. The average molecular weight is 368 g/mol. The molecule has 1 atom stereocenters. The Morgan fingerprint density at radius 2 is 1.93 bits per heavy atom. The zero-order valence-corrected chi connectivity index (χ0v) is 15.4. The maximum atomic E-state index is 12.3. The molecule has 2 N–H and O–H groups in total. The van der Waals surface area contributed by atoms with E-state index < -0.39 is 4.92 Å². The van der Waals surface area contributed by atoms with Gasteiger partial charge >= 0.3 is 0 Å². The van der Waals surface area contributed by atoms with Gasteiger partial charge in [-0.3, -0.25) is 14.9 Å². The molecule has 142 valence electrons. The van der Waals surface area contributed by atoms with Crippen LogP contribution < -0.4 is 15.5 Å². The Morgan fingerprint density at radius 1 is 1.19 bits per heavy atom. The molecule has 0 saturated heterocycles. The first-order valence-electron chi connectivity index (χ1n) is 9.14. The molecule has 1 heterocycles. The highest BCUT2D eigenvalue weighted by molar-refractivity contribution is 5.82. The molecule has 1 aliphatic rings. The summed E-state index contributed by atoms with van der Waals surface area (Å²) in [4.78, 5) is 24.7. The number of nitro benzene ring substituents is 1. The van der Waals surface area contributed by atoms with Crippen LogP contribution in [0.2, 0.25) is 0 Å². The highest BCUT2D eigenvalue weighted by atomic mass is 16.6. The molecule has 2 aromatic rings. The summed E-state index contributed by atoms with van der Waals surface area (Å²) in [5.41, 5.74) is 3.29. The lowest BCUT2D eigenvalue weighted by molar-refractivity contribution is -0.384. The number of aryl methyl sites for hydroxylation is 1. The first-order chi connectivity index (χ1) is 13.0. The lowest BCUT2D eigenvalue weighted by atomic mass is 9.97. The molecular weight excluding hydrogens is 344 g/mol. The molecule has 7 heteroatoms. The van der Waals surface area contributed by atoms with Crippen molar-refractivity contribution in [1.82, 2.24) is 5.32 Å². The highest BCUT2D eigenvalue weighted by Gasteiger charge is 2.24. The van der Waals surface area contributed by atoms with E-state index in [1.807, 2.05) is 12.1 Å². The number of nitrogens with one attached hydrogen (secondary N) is 2. The third-order valence-electron chi connectivity index (χ3n) is 4.83. The second-order valence-electron chi connectivity index (χ2n) is 6.73. The van der Waals surface area contributed by atoms with E-state index in [0.29, 0.717) is 25.7 Å². The number of anilines is 2. The summed E-state index contributed by atoms with van der Waals surface area (Å²) in [6.45, 7) is 3.53. The standard InChI is InChI=1S/C20H24N4O3/c1-15-6-7-16-4-2-3-5-19(16)23(15)14-20(25)22-13-12-21-17-8-10-18(11-9-17)24(26)27/h2-5,8-11,15,21H,6-7,12-14H2,1H3,(H,22,25)/t15-/m0/s1. The van der Waals surface area contributed by atoms with E-state index >= 15 is 0 Å². The van der Waals surface area contributed by atoms with Crippen molar-refractivity contribution in [3.63, 3.8) is 0 Å². The zero-order valence-electron chi connectivity index (χ0n) is 15.4. The molecule has 1 aliphatic heterocycles. The second kappa shape index (κ2) is 8.53. The van der Waals surface area contributed by atoms with Gasteiger partial charge in [-0.05, 0) is 43.5 Å². The van der Waals surface area contributed by atoms with Gasteiger partial charge in [0, 0.05) is 42.6 Å². The highest BCUT2D eigenvalue weighted by Crippen LogP contribution is 2.29. The van der Waals surface area contributed by atoms with Gasteiger partial charge in [0.1, 0.15) is 0 Å². The average Bonchev–Trinajstić information content (AvgIpc) is 2.68. The van der Waals surface area contributed by atoms with Crippen LogP contribution >= 0.6 is 0 Å². The largest absolute Gasteiger partial charge is 0.383 e. The molecule has 0 aliphatic carbocycles. The lowest BCUT2D eigenvalue weighted by Gasteiger charge is -2.36. The Hall–Kier alpha value is -3.09. The van der Waals surface area contributed by atoms with Crippen molar-refractivity contribution in [3.05, 3.63) is 64.2 Å². The predicted molar refractivity (Wildman–Crippen MR) is 106 cm³/mol. The van der Waals surface area contributed by atoms with Crippen molar-refractivity contribution in [3.8, 4) is 0 Å². The van der Waals surface area contributed by atoms with Gasteiger partial charge in [0.05, 0.1) is 11.5 Å². The Bertz CT molecular complexity index is 807. The van der Waals surface area contributed by atoms with Gasteiger partial charge in [0.25, 0.3) is 5.69 Å². The molecule has 1 amide bonds. The van der Waals surface area contributed by atoms with Crippen molar-refractivity contribution in [2.75, 3.05) is 29.9 Å². The van der Waals surface area contributed by atoms with E-state index in [2.05, 4.69) is 34.6 Å². The number of rotatable bonds is 7. The van der Waals surface area contributed by atoms with Crippen LogP contribution in [0.5, 0.6) is 0 Å². The number of benzene rings is 2. The van der Waals surface area contributed by atoms with Crippen LogP contribution in [0.3, 0.4) is 0 Å². The molecule has 0 radical (unpaired) electrons. The fraction of sp³-hybridized carbons (Fsp3) is 0.350. The Labute approximate surface area is 158 Å². The minimum Gasteiger partial charge on any atom is -0.383 e. The number of carbonyl (C=O) groups excluding carboxylic acids is 1. The van der Waals surface area contributed by atoms with Gasteiger partial charge in [-0.1, -0.05) is 18.2 Å². The number of fused-ring (bicyclic) bond motifs is 1. The van der Waals surface area contributed by atoms with Gasteiger partial charge in [0.15, 0.2) is 0 Å². The second-order valence-corrected chi connectivity index (χ2v) is 6.73. The summed E-state index contributed by atoms with van der Waals surface area (Å²) in [7, 11) is 0. The quantitative estimate of drug-likeness (QED) is 0.446. The summed E-state index contributed by atoms with van der Waals surface area (Å²) < 4.78 is 0. The lowest BCUT2D eigenvalue weighted by Crippen LogP contribution is -2.45. The van der Waals surface area contributed by atoms with E-state index in [9.17, 15) is 14.9 Å². The Kier molecular flexibility index (Phi) is 5.90. The fourth-order valence-electron chi connectivity index (χ4n) is 3.32. The number of hydrogen-bond donors (Lipinski definition) is 2. The molecule has 0 bridgehead atoms. The molecule has 7 nitrogen and oxygen atoms in total. The van der Waals surface area contributed by atoms with Gasteiger partial charge in [0.2, 0.25) is 5.91 Å². The SMILES string of the molecule is C[C@H]1CCc2ccccc2N1CC(=O)NCCNc1ccc([N+](=O)[O-])cc1. The van der Waals surface area contributed by atoms with Crippen LogP contribution in [0.1, 0.15) is 18.9 Å². The normalized spacial score (nSPS) is 15.7. The Morgan fingerprint density at radius 3 is 2.67 bits per heavy atom. The third kappa shape index (κ3) is 4.75. The minimum absolute atomic E-state index is 0.0101. The topological polar surface area (TPSA) is 87.5 Å². The molecule has 2 aromatic carbocycles. The van der Waals surface area contributed by atoms with Crippen LogP contribution in [0.25, 0.3) is 0 Å². The van der Waals surface area contributed by atoms with Gasteiger partial charge in [-0.15, -0.1) is 0 Å². The van der Waals surface area contributed by atoms with E-state index in [1.54, 1.807) is 12.1 Å². The van der Waals surface area contributed by atoms with Crippen LogP contribution in [-0.4, -0.2) is 36.5 Å². The van der Waals surface area contributed by atoms with E-state index in [-0.39, 0.29) is 11.6 Å². The molecule has 27 heavy (non-hydrogen) atoms. The van der Waals surface area contributed by atoms with Gasteiger partial charge in [-0.25, -0.2) is 0 Å². The molecule has 0 fully saturated rings. The number of hydrogen-bond acceptors (Lipinski definition) is 5. The summed E-state index contributed by atoms with van der Waals surface area (Å²) in [5.74, 6) is -0.0101. The van der Waals surface area contributed by atoms with Crippen LogP contribution in [0.4, 0.5) is 17.1 Å².